The summed E-state index contributed by atoms with van der Waals surface area (Å²) in [5.74, 6) is 2.14. The summed E-state index contributed by atoms with van der Waals surface area (Å²) in [6.07, 6.45) is 0. The van der Waals surface area contributed by atoms with Crippen molar-refractivity contribution >= 4 is 44.7 Å². The molecule has 18 heavy (non-hydrogen) atoms. The van der Waals surface area contributed by atoms with Crippen LogP contribution in [0.5, 0.6) is 0 Å². The van der Waals surface area contributed by atoms with E-state index in [1.165, 1.54) is 6.07 Å². The molecule has 0 amide bonds. The molecule has 0 bridgehead atoms. The lowest BCUT2D eigenvalue weighted by atomic mass is 10.3. The molecule has 0 saturated carbocycles. The van der Waals surface area contributed by atoms with Gasteiger partial charge in [-0.05, 0) is 34.7 Å². The van der Waals surface area contributed by atoms with E-state index in [1.807, 2.05) is 16.3 Å². The lowest BCUT2D eigenvalue weighted by molar-refractivity contribution is 0.620. The van der Waals surface area contributed by atoms with Crippen molar-refractivity contribution < 1.29 is 4.39 Å². The van der Waals surface area contributed by atoms with E-state index < -0.39 is 0 Å². The molecule has 98 valence electrons. The number of anilines is 1. The smallest absolute Gasteiger partial charge is 0.201 e. The highest BCUT2D eigenvalue weighted by molar-refractivity contribution is 9.10. The fourth-order valence-electron chi connectivity index (χ4n) is 1.94. The maximum Gasteiger partial charge on any atom is 0.201 e. The highest BCUT2D eigenvalue weighted by Gasteiger charge is 2.15. The molecule has 1 unspecified atom stereocenters. The maximum absolute atomic E-state index is 13.5. The monoisotopic (exact) mass is 331 g/mol. The molecule has 0 aliphatic carbocycles. The quantitative estimate of drug-likeness (QED) is 0.925. The van der Waals surface area contributed by atoms with Gasteiger partial charge in [-0.3, -0.25) is 0 Å². The lowest BCUT2D eigenvalue weighted by Gasteiger charge is -2.15. The van der Waals surface area contributed by atoms with E-state index in [4.69, 9.17) is 5.73 Å². The van der Waals surface area contributed by atoms with Crippen LogP contribution >= 0.6 is 27.7 Å². The van der Waals surface area contributed by atoms with Crippen LogP contribution in [0.4, 0.5) is 10.3 Å². The van der Waals surface area contributed by atoms with Gasteiger partial charge in [-0.2, -0.15) is 11.8 Å². The summed E-state index contributed by atoms with van der Waals surface area (Å²) in [6.45, 7) is 4.22. The third-order valence-corrected chi connectivity index (χ3v) is 4.50. The van der Waals surface area contributed by atoms with Crippen LogP contribution in [0.15, 0.2) is 16.6 Å². The molecule has 2 N–H and O–H groups in total. The number of aromatic nitrogens is 2. The van der Waals surface area contributed by atoms with Gasteiger partial charge in [-0.25, -0.2) is 9.37 Å². The molecule has 1 heterocycles. The Morgan fingerprint density at radius 3 is 2.94 bits per heavy atom. The number of nitrogen functional groups attached to an aromatic ring is 1. The normalized spacial score (nSPS) is 13.1. The zero-order chi connectivity index (χ0) is 13.3. The van der Waals surface area contributed by atoms with Crippen LogP contribution in [-0.2, 0) is 0 Å². The van der Waals surface area contributed by atoms with Crippen LogP contribution in [-0.4, -0.2) is 21.1 Å². The average Bonchev–Trinajstić information content (AvgIpc) is 2.62. The Hall–Kier alpha value is -0.750. The van der Waals surface area contributed by atoms with Gasteiger partial charge >= 0.3 is 0 Å². The number of rotatable bonds is 4. The fourth-order valence-corrected chi connectivity index (χ4v) is 2.99. The van der Waals surface area contributed by atoms with Crippen molar-refractivity contribution in [2.75, 3.05) is 17.2 Å². The summed E-state index contributed by atoms with van der Waals surface area (Å²) in [4.78, 5) is 4.21. The van der Waals surface area contributed by atoms with Crippen molar-refractivity contribution in [3.05, 3.63) is 22.4 Å². The number of hydrogen-bond acceptors (Lipinski definition) is 3. The second-order valence-electron chi connectivity index (χ2n) is 4.10. The Balaban J connectivity index is 2.49. The minimum absolute atomic E-state index is 0.234. The van der Waals surface area contributed by atoms with Crippen molar-refractivity contribution in [3.8, 4) is 0 Å². The van der Waals surface area contributed by atoms with Gasteiger partial charge in [0.1, 0.15) is 5.82 Å². The van der Waals surface area contributed by atoms with E-state index in [9.17, 15) is 4.39 Å². The van der Waals surface area contributed by atoms with Crippen LogP contribution in [0.25, 0.3) is 11.0 Å². The van der Waals surface area contributed by atoms with Gasteiger partial charge in [0.05, 0.1) is 15.5 Å². The molecular weight excluding hydrogens is 317 g/mol. The van der Waals surface area contributed by atoms with Crippen molar-refractivity contribution in [1.82, 2.24) is 9.55 Å². The molecule has 1 aromatic carbocycles. The minimum atomic E-state index is -0.317. The molecule has 1 aromatic heterocycles. The van der Waals surface area contributed by atoms with Crippen molar-refractivity contribution in [1.29, 1.82) is 0 Å². The first-order valence-electron chi connectivity index (χ1n) is 5.74. The second kappa shape index (κ2) is 5.48. The maximum atomic E-state index is 13.5. The van der Waals surface area contributed by atoms with Gasteiger partial charge in [-0.1, -0.05) is 6.92 Å². The first kappa shape index (κ1) is 13.7. The predicted octanol–water partition coefficient (Wildman–Crippen LogP) is 3.83. The minimum Gasteiger partial charge on any atom is -0.369 e. The number of imidazole rings is 1. The average molecular weight is 332 g/mol. The highest BCUT2D eigenvalue weighted by Crippen LogP contribution is 2.28. The zero-order valence-electron chi connectivity index (χ0n) is 10.3. The molecule has 1 atom stereocenters. The molecular formula is C12H15BrFN3S. The van der Waals surface area contributed by atoms with Crippen LogP contribution in [0, 0.1) is 5.82 Å². The van der Waals surface area contributed by atoms with Crippen LogP contribution in [0.1, 0.15) is 19.9 Å². The van der Waals surface area contributed by atoms with Gasteiger partial charge in [0, 0.05) is 17.9 Å². The molecule has 0 aliphatic heterocycles. The summed E-state index contributed by atoms with van der Waals surface area (Å²) in [5, 5.41) is 0. The molecule has 0 spiro atoms. The lowest BCUT2D eigenvalue weighted by Crippen LogP contribution is -2.11. The second-order valence-corrected chi connectivity index (χ2v) is 6.28. The third-order valence-electron chi connectivity index (χ3n) is 2.76. The van der Waals surface area contributed by atoms with Crippen LogP contribution < -0.4 is 5.73 Å². The number of benzene rings is 1. The van der Waals surface area contributed by atoms with Crippen molar-refractivity contribution in [3.63, 3.8) is 0 Å². The summed E-state index contributed by atoms with van der Waals surface area (Å²) >= 11 is 5.05. The van der Waals surface area contributed by atoms with Crippen molar-refractivity contribution in [2.24, 2.45) is 0 Å². The first-order valence-corrected chi connectivity index (χ1v) is 7.69. The number of fused-ring (bicyclic) bond motifs is 1. The summed E-state index contributed by atoms with van der Waals surface area (Å²) in [7, 11) is 0. The van der Waals surface area contributed by atoms with E-state index in [2.05, 4.69) is 34.8 Å². The number of thioether (sulfide) groups is 1. The van der Waals surface area contributed by atoms with Crippen LogP contribution in [0.3, 0.4) is 0 Å². The number of nitrogens with zero attached hydrogens (tertiary/aromatic N) is 2. The SMILES string of the molecule is CCSCC(C)n1c(N)nc2cc(F)c(Br)cc21. The van der Waals surface area contributed by atoms with Gasteiger partial charge in [0.25, 0.3) is 0 Å². The zero-order valence-corrected chi connectivity index (χ0v) is 12.7. The number of hydrogen-bond donors (Lipinski definition) is 1. The standard InChI is InChI=1S/C12H15BrFN3S/c1-3-18-6-7(2)17-11-4-8(13)9(14)5-10(11)16-12(17)15/h4-5,7H,3,6H2,1-2H3,(H2,15,16). The predicted molar refractivity (Wildman–Crippen MR) is 79.5 cm³/mol. The molecule has 6 heteroatoms. The Kier molecular flexibility index (Phi) is 4.17. The molecule has 2 rings (SSSR count). The largest absolute Gasteiger partial charge is 0.369 e. The molecule has 0 saturated heterocycles. The Labute approximate surface area is 118 Å². The Morgan fingerprint density at radius 2 is 2.28 bits per heavy atom. The first-order chi connectivity index (χ1) is 8.54. The highest BCUT2D eigenvalue weighted by atomic mass is 79.9. The summed E-state index contributed by atoms with van der Waals surface area (Å²) in [5.41, 5.74) is 7.40. The Bertz CT molecular complexity index is 570. The molecule has 0 aliphatic rings. The molecule has 0 fully saturated rings. The molecule has 2 aromatic rings. The van der Waals surface area contributed by atoms with E-state index in [0.29, 0.717) is 15.9 Å². The molecule has 0 radical (unpaired) electrons. The summed E-state index contributed by atoms with van der Waals surface area (Å²) in [6, 6.07) is 3.38. The Morgan fingerprint density at radius 1 is 1.56 bits per heavy atom. The molecule has 3 nitrogen and oxygen atoms in total. The van der Waals surface area contributed by atoms with Gasteiger partial charge in [0.15, 0.2) is 0 Å². The van der Waals surface area contributed by atoms with Gasteiger partial charge in [-0.15, -0.1) is 0 Å². The van der Waals surface area contributed by atoms with E-state index >= 15 is 0 Å². The fraction of sp³-hybridized carbons (Fsp3) is 0.417. The van der Waals surface area contributed by atoms with Crippen LogP contribution in [0.2, 0.25) is 0 Å². The van der Waals surface area contributed by atoms with E-state index in [0.717, 1.165) is 17.0 Å². The van der Waals surface area contributed by atoms with Gasteiger partial charge in [0.2, 0.25) is 5.95 Å². The van der Waals surface area contributed by atoms with Crippen molar-refractivity contribution in [2.45, 2.75) is 19.9 Å². The third kappa shape index (κ3) is 2.49. The van der Waals surface area contributed by atoms with E-state index in [-0.39, 0.29) is 11.9 Å². The topological polar surface area (TPSA) is 43.8 Å². The number of halogens is 2. The van der Waals surface area contributed by atoms with Gasteiger partial charge < -0.3 is 10.3 Å². The number of nitrogens with two attached hydrogens (primary N) is 1. The van der Waals surface area contributed by atoms with E-state index in [1.54, 1.807) is 6.07 Å². The summed E-state index contributed by atoms with van der Waals surface area (Å²) < 4.78 is 15.8.